The largest absolute Gasteiger partial charge is 0.478 e. The Bertz CT molecular complexity index is 436. The highest BCUT2D eigenvalue weighted by atomic mass is 32.2. The zero-order valence-electron chi connectivity index (χ0n) is 9.69. The highest BCUT2D eigenvalue weighted by Gasteiger charge is 2.18. The molecule has 2 rings (SSSR count). The molecule has 0 saturated carbocycles. The van der Waals surface area contributed by atoms with Crippen molar-refractivity contribution in [3.63, 3.8) is 0 Å². The monoisotopic (exact) mass is 287 g/mol. The quantitative estimate of drug-likeness (QED) is 0.892. The van der Waals surface area contributed by atoms with Crippen molar-refractivity contribution in [3.05, 3.63) is 29.6 Å². The van der Waals surface area contributed by atoms with E-state index < -0.39 is 11.8 Å². The lowest BCUT2D eigenvalue weighted by Gasteiger charge is -2.22. The van der Waals surface area contributed by atoms with E-state index in [0.29, 0.717) is 11.8 Å². The summed E-state index contributed by atoms with van der Waals surface area (Å²) >= 11 is 3.73. The molecule has 1 atom stereocenters. The van der Waals surface area contributed by atoms with Gasteiger partial charge in [0.15, 0.2) is 0 Å². The molecule has 0 spiro atoms. The minimum absolute atomic E-state index is 0.0107. The molecular weight excluding hydrogens is 273 g/mol. The summed E-state index contributed by atoms with van der Waals surface area (Å²) in [4.78, 5) is 11.0. The van der Waals surface area contributed by atoms with E-state index in [1.165, 1.54) is 18.2 Å². The molecule has 1 saturated heterocycles. The molecule has 1 fully saturated rings. The van der Waals surface area contributed by atoms with Gasteiger partial charge in [-0.1, -0.05) is 6.07 Å². The van der Waals surface area contributed by atoms with Gasteiger partial charge in [0.05, 0.1) is 11.3 Å². The summed E-state index contributed by atoms with van der Waals surface area (Å²) in [6.07, 6.45) is 0. The second-order valence-corrected chi connectivity index (χ2v) is 6.47. The lowest BCUT2D eigenvalue weighted by Crippen LogP contribution is -2.24. The Morgan fingerprint density at radius 2 is 2.33 bits per heavy atom. The van der Waals surface area contributed by atoms with Crippen LogP contribution < -0.4 is 5.32 Å². The topological polar surface area (TPSA) is 49.3 Å². The molecular formula is C12H14FNO2S2. The van der Waals surface area contributed by atoms with E-state index in [0.717, 1.165) is 17.3 Å². The first-order valence-electron chi connectivity index (χ1n) is 5.63. The van der Waals surface area contributed by atoms with Gasteiger partial charge in [0, 0.05) is 29.1 Å². The summed E-state index contributed by atoms with van der Waals surface area (Å²) in [6, 6.07) is 4.10. The maximum Gasteiger partial charge on any atom is 0.337 e. The van der Waals surface area contributed by atoms with Crippen LogP contribution in [0.2, 0.25) is 0 Å². The number of hydrogen-bond acceptors (Lipinski definition) is 4. The van der Waals surface area contributed by atoms with Crippen molar-refractivity contribution in [2.24, 2.45) is 0 Å². The Labute approximate surface area is 114 Å². The third kappa shape index (κ3) is 3.32. The molecule has 0 amide bonds. The van der Waals surface area contributed by atoms with E-state index in [4.69, 9.17) is 5.11 Å². The maximum atomic E-state index is 13.6. The van der Waals surface area contributed by atoms with Crippen LogP contribution >= 0.6 is 23.5 Å². The van der Waals surface area contributed by atoms with Crippen molar-refractivity contribution >= 4 is 35.2 Å². The van der Waals surface area contributed by atoms with Crippen molar-refractivity contribution < 1.29 is 14.3 Å². The number of aromatic carboxylic acids is 1. The van der Waals surface area contributed by atoms with Crippen molar-refractivity contribution in [2.45, 2.75) is 5.25 Å². The number of carboxylic acid groups (broad SMARTS) is 1. The number of para-hydroxylation sites is 1. The van der Waals surface area contributed by atoms with Crippen LogP contribution in [0, 0.1) is 5.82 Å². The molecule has 1 aliphatic rings. The van der Waals surface area contributed by atoms with Crippen LogP contribution in [0.25, 0.3) is 0 Å². The fraction of sp³-hybridized carbons (Fsp3) is 0.417. The van der Waals surface area contributed by atoms with Crippen LogP contribution in [-0.4, -0.2) is 40.1 Å². The first-order valence-corrected chi connectivity index (χ1v) is 7.84. The van der Waals surface area contributed by atoms with Gasteiger partial charge in [-0.05, 0) is 12.1 Å². The summed E-state index contributed by atoms with van der Waals surface area (Å²) < 4.78 is 13.6. The normalized spacial score (nSPS) is 19.5. The molecule has 1 aromatic carbocycles. The number of halogens is 1. The van der Waals surface area contributed by atoms with E-state index in [9.17, 15) is 9.18 Å². The number of carboxylic acids is 1. The molecule has 1 unspecified atom stereocenters. The van der Waals surface area contributed by atoms with Gasteiger partial charge in [-0.3, -0.25) is 0 Å². The fourth-order valence-electron chi connectivity index (χ4n) is 1.75. The van der Waals surface area contributed by atoms with Crippen LogP contribution in [0.4, 0.5) is 10.1 Å². The van der Waals surface area contributed by atoms with Crippen LogP contribution in [0.1, 0.15) is 10.4 Å². The van der Waals surface area contributed by atoms with E-state index in [1.54, 1.807) is 0 Å². The smallest absolute Gasteiger partial charge is 0.337 e. The zero-order valence-corrected chi connectivity index (χ0v) is 11.3. The number of benzene rings is 1. The van der Waals surface area contributed by atoms with Gasteiger partial charge >= 0.3 is 5.97 Å². The third-order valence-corrected chi connectivity index (χ3v) is 5.48. The van der Waals surface area contributed by atoms with Crippen molar-refractivity contribution in [1.82, 2.24) is 0 Å². The van der Waals surface area contributed by atoms with Gasteiger partial charge in [0.2, 0.25) is 0 Å². The van der Waals surface area contributed by atoms with Crippen LogP contribution in [0.5, 0.6) is 0 Å². The van der Waals surface area contributed by atoms with Crippen LogP contribution in [0.15, 0.2) is 18.2 Å². The Morgan fingerprint density at radius 3 is 3.00 bits per heavy atom. The third-order valence-electron chi connectivity index (χ3n) is 2.64. The predicted octanol–water partition coefficient (Wildman–Crippen LogP) is 2.78. The first kappa shape index (κ1) is 13.5. The minimum Gasteiger partial charge on any atom is -0.478 e. The average Bonchev–Trinajstić information content (AvgIpc) is 2.38. The molecule has 0 radical (unpaired) electrons. The lowest BCUT2D eigenvalue weighted by atomic mass is 10.1. The summed E-state index contributed by atoms with van der Waals surface area (Å²) in [7, 11) is 0. The van der Waals surface area contributed by atoms with E-state index in [2.05, 4.69) is 5.32 Å². The van der Waals surface area contributed by atoms with Gasteiger partial charge in [-0.15, -0.1) is 0 Å². The Balaban J connectivity index is 2.05. The Hall–Kier alpha value is -0.880. The average molecular weight is 287 g/mol. The van der Waals surface area contributed by atoms with E-state index >= 15 is 0 Å². The number of thioether (sulfide) groups is 2. The number of rotatable bonds is 4. The fourth-order valence-corrected chi connectivity index (χ4v) is 4.36. The van der Waals surface area contributed by atoms with Crippen LogP contribution in [-0.2, 0) is 0 Å². The molecule has 3 nitrogen and oxygen atoms in total. The Kier molecular flexibility index (Phi) is 4.77. The summed E-state index contributed by atoms with van der Waals surface area (Å²) in [5.74, 6) is 1.65. The molecule has 1 aromatic rings. The second kappa shape index (κ2) is 6.33. The summed E-state index contributed by atoms with van der Waals surface area (Å²) in [6.45, 7) is 0.596. The van der Waals surface area contributed by atoms with Crippen molar-refractivity contribution in [2.75, 3.05) is 29.1 Å². The van der Waals surface area contributed by atoms with Gasteiger partial charge in [0.25, 0.3) is 0 Å². The SMILES string of the molecule is O=C(O)c1cccc(F)c1NCC1CSCCS1. The highest BCUT2D eigenvalue weighted by molar-refractivity contribution is 8.06. The molecule has 1 heterocycles. The van der Waals surface area contributed by atoms with Gasteiger partial charge in [-0.25, -0.2) is 9.18 Å². The number of nitrogens with one attached hydrogen (secondary N) is 1. The van der Waals surface area contributed by atoms with E-state index in [1.807, 2.05) is 23.5 Å². The van der Waals surface area contributed by atoms with Gasteiger partial charge in [0.1, 0.15) is 5.82 Å². The number of carbonyl (C=O) groups is 1. The summed E-state index contributed by atoms with van der Waals surface area (Å²) in [5, 5.41) is 12.4. The van der Waals surface area contributed by atoms with Crippen molar-refractivity contribution in [1.29, 1.82) is 0 Å². The Morgan fingerprint density at radius 1 is 1.50 bits per heavy atom. The molecule has 6 heteroatoms. The molecule has 2 N–H and O–H groups in total. The highest BCUT2D eigenvalue weighted by Crippen LogP contribution is 2.26. The predicted molar refractivity (Wildman–Crippen MR) is 75.4 cm³/mol. The number of hydrogen-bond donors (Lipinski definition) is 2. The van der Waals surface area contributed by atoms with Crippen LogP contribution in [0.3, 0.4) is 0 Å². The van der Waals surface area contributed by atoms with Crippen molar-refractivity contribution in [3.8, 4) is 0 Å². The zero-order chi connectivity index (χ0) is 13.0. The summed E-state index contributed by atoms with van der Waals surface area (Å²) in [5.41, 5.74) is 0.0876. The van der Waals surface area contributed by atoms with Gasteiger partial charge in [-0.2, -0.15) is 23.5 Å². The van der Waals surface area contributed by atoms with E-state index in [-0.39, 0.29) is 11.3 Å². The minimum atomic E-state index is -1.11. The molecule has 0 bridgehead atoms. The second-order valence-electron chi connectivity index (χ2n) is 3.92. The molecule has 0 aromatic heterocycles. The van der Waals surface area contributed by atoms with Gasteiger partial charge < -0.3 is 10.4 Å². The standard InChI is InChI=1S/C12H14FNO2S2/c13-10-3-1-2-9(12(15)16)11(10)14-6-8-7-17-4-5-18-8/h1-3,8,14H,4-7H2,(H,15,16). The molecule has 0 aliphatic carbocycles. The maximum absolute atomic E-state index is 13.6. The number of anilines is 1. The molecule has 1 aliphatic heterocycles. The first-order chi connectivity index (χ1) is 8.68. The molecule has 18 heavy (non-hydrogen) atoms. The molecule has 98 valence electrons. The lowest BCUT2D eigenvalue weighted by molar-refractivity contribution is 0.0697.